The zero-order chi connectivity index (χ0) is 18.5. The van der Waals surface area contributed by atoms with Crippen molar-refractivity contribution in [1.29, 1.82) is 0 Å². The number of benzene rings is 1. The molecule has 0 bridgehead atoms. The summed E-state index contributed by atoms with van der Waals surface area (Å²) in [5.41, 5.74) is 3.72. The number of hydrogen-bond donors (Lipinski definition) is 0. The van der Waals surface area contributed by atoms with Gasteiger partial charge in [0.2, 0.25) is 0 Å². The Labute approximate surface area is 160 Å². The molecule has 0 fully saturated rings. The molecule has 0 saturated carbocycles. The van der Waals surface area contributed by atoms with Gasteiger partial charge in [-0.1, -0.05) is 61.9 Å². The predicted octanol–water partition coefficient (Wildman–Crippen LogP) is 5.40. The highest BCUT2D eigenvalue weighted by Crippen LogP contribution is 2.45. The number of nitrogens with zero attached hydrogens (tertiary/aromatic N) is 2. The number of fused-ring (bicyclic) bond motifs is 1. The Morgan fingerprint density at radius 3 is 2.69 bits per heavy atom. The van der Waals surface area contributed by atoms with Crippen LogP contribution in [0, 0.1) is 0 Å². The second-order valence-corrected chi connectivity index (χ2v) is 7.32. The van der Waals surface area contributed by atoms with Gasteiger partial charge in [0.15, 0.2) is 5.17 Å². The molecule has 1 atom stereocenters. The van der Waals surface area contributed by atoms with Crippen LogP contribution in [-0.4, -0.2) is 22.6 Å². The van der Waals surface area contributed by atoms with Crippen molar-refractivity contribution in [3.8, 4) is 0 Å². The van der Waals surface area contributed by atoms with Gasteiger partial charge < -0.3 is 9.64 Å². The first-order valence-electron chi connectivity index (χ1n) is 9.33. The number of thioether (sulfide) groups is 1. The summed E-state index contributed by atoms with van der Waals surface area (Å²) in [7, 11) is 0. The van der Waals surface area contributed by atoms with Crippen molar-refractivity contribution in [1.82, 2.24) is 4.90 Å². The van der Waals surface area contributed by atoms with Crippen LogP contribution in [0.2, 0.25) is 0 Å². The molecule has 2 aliphatic heterocycles. The third-order valence-corrected chi connectivity index (χ3v) is 5.54. The molecule has 0 aromatic heterocycles. The molecule has 1 aromatic rings. The molecule has 2 aliphatic rings. The number of carbonyl (C=O) groups is 1. The summed E-state index contributed by atoms with van der Waals surface area (Å²) < 4.78 is 5.37. The maximum Gasteiger partial charge on any atom is 0.338 e. The fraction of sp³-hybridized carbons (Fsp3) is 0.429. The maximum atomic E-state index is 12.7. The summed E-state index contributed by atoms with van der Waals surface area (Å²) in [5, 5.41) is 3.14. The number of aliphatic imine (C=N–C) groups is 1. The lowest BCUT2D eigenvalue weighted by molar-refractivity contribution is -0.139. The Kier molecular flexibility index (Phi) is 6.20. The van der Waals surface area contributed by atoms with Crippen molar-refractivity contribution in [2.45, 2.75) is 52.5 Å². The van der Waals surface area contributed by atoms with Crippen LogP contribution in [-0.2, 0) is 9.53 Å². The van der Waals surface area contributed by atoms with Gasteiger partial charge in [-0.05, 0) is 37.7 Å². The maximum absolute atomic E-state index is 12.7. The van der Waals surface area contributed by atoms with Gasteiger partial charge in [0.1, 0.15) is 0 Å². The van der Waals surface area contributed by atoms with Crippen LogP contribution in [0.3, 0.4) is 0 Å². The summed E-state index contributed by atoms with van der Waals surface area (Å²) in [6, 6.07) is 10.0. The van der Waals surface area contributed by atoms with E-state index in [1.807, 2.05) is 32.0 Å². The molecule has 4 nitrogen and oxygen atoms in total. The highest BCUT2D eigenvalue weighted by atomic mass is 32.2. The Morgan fingerprint density at radius 2 is 2.00 bits per heavy atom. The third kappa shape index (κ3) is 3.73. The molecule has 0 saturated heterocycles. The van der Waals surface area contributed by atoms with E-state index in [0.29, 0.717) is 12.2 Å². The van der Waals surface area contributed by atoms with Crippen molar-refractivity contribution in [2.24, 2.45) is 4.99 Å². The second kappa shape index (κ2) is 8.58. The van der Waals surface area contributed by atoms with Gasteiger partial charge in [0.25, 0.3) is 0 Å². The van der Waals surface area contributed by atoms with Gasteiger partial charge in [-0.25, -0.2) is 9.79 Å². The average Bonchev–Trinajstić information content (AvgIpc) is 3.04. The minimum absolute atomic E-state index is 0.175. The molecule has 1 aromatic carbocycles. The van der Waals surface area contributed by atoms with E-state index >= 15 is 0 Å². The minimum Gasteiger partial charge on any atom is -0.463 e. The van der Waals surface area contributed by atoms with Gasteiger partial charge in [-0.3, -0.25) is 0 Å². The van der Waals surface area contributed by atoms with E-state index in [4.69, 9.17) is 9.73 Å². The van der Waals surface area contributed by atoms with Crippen LogP contribution in [0.25, 0.3) is 0 Å². The monoisotopic (exact) mass is 370 g/mol. The fourth-order valence-electron chi connectivity index (χ4n) is 3.40. The Bertz CT molecular complexity index is 753. The highest BCUT2D eigenvalue weighted by molar-refractivity contribution is 8.16. The van der Waals surface area contributed by atoms with Gasteiger partial charge >= 0.3 is 5.97 Å². The summed E-state index contributed by atoms with van der Waals surface area (Å²) in [6.07, 6.45) is 4.54. The van der Waals surface area contributed by atoms with Crippen molar-refractivity contribution >= 4 is 22.9 Å². The van der Waals surface area contributed by atoms with Crippen molar-refractivity contribution in [3.05, 3.63) is 58.3 Å². The lowest BCUT2D eigenvalue weighted by Gasteiger charge is -2.36. The number of rotatable bonds is 7. The smallest absolute Gasteiger partial charge is 0.338 e. The molecule has 0 N–H and O–H groups in total. The van der Waals surface area contributed by atoms with Gasteiger partial charge in [0, 0.05) is 5.70 Å². The minimum atomic E-state index is -0.272. The summed E-state index contributed by atoms with van der Waals surface area (Å²) in [4.78, 5) is 19.7. The van der Waals surface area contributed by atoms with E-state index in [9.17, 15) is 4.79 Å². The topological polar surface area (TPSA) is 41.9 Å². The lowest BCUT2D eigenvalue weighted by Crippen LogP contribution is -2.36. The van der Waals surface area contributed by atoms with Crippen LogP contribution >= 0.6 is 11.8 Å². The van der Waals surface area contributed by atoms with E-state index in [-0.39, 0.29) is 12.0 Å². The van der Waals surface area contributed by atoms with Gasteiger partial charge in [0.05, 0.1) is 23.9 Å². The Morgan fingerprint density at radius 1 is 1.23 bits per heavy atom. The normalized spacial score (nSPS) is 19.2. The number of allylic oxidation sites excluding steroid dienone is 2. The average molecular weight is 371 g/mol. The largest absolute Gasteiger partial charge is 0.463 e. The van der Waals surface area contributed by atoms with Crippen LogP contribution < -0.4 is 0 Å². The Balaban J connectivity index is 2.01. The summed E-state index contributed by atoms with van der Waals surface area (Å²) >= 11 is 1.65. The van der Waals surface area contributed by atoms with Crippen molar-refractivity contribution in [2.75, 3.05) is 6.61 Å². The molecule has 1 unspecified atom stereocenters. The van der Waals surface area contributed by atoms with E-state index in [1.165, 1.54) is 18.5 Å². The van der Waals surface area contributed by atoms with Crippen molar-refractivity contribution in [3.63, 3.8) is 0 Å². The van der Waals surface area contributed by atoms with Gasteiger partial charge in [-0.2, -0.15) is 0 Å². The molecular weight excluding hydrogens is 344 g/mol. The van der Waals surface area contributed by atoms with E-state index in [1.54, 1.807) is 11.8 Å². The highest BCUT2D eigenvalue weighted by Gasteiger charge is 2.40. The molecule has 138 valence electrons. The number of hydrogen-bond acceptors (Lipinski definition) is 5. The molecular formula is C21H26N2O2S. The summed E-state index contributed by atoms with van der Waals surface area (Å²) in [5.74, 6) is -0.272. The molecule has 0 aliphatic carbocycles. The molecule has 0 amide bonds. The van der Waals surface area contributed by atoms with Crippen LogP contribution in [0.15, 0.2) is 57.7 Å². The first-order valence-corrected chi connectivity index (χ1v) is 10.2. The first kappa shape index (κ1) is 18.8. The zero-order valence-corrected chi connectivity index (χ0v) is 16.5. The number of amidine groups is 1. The molecule has 5 heteroatoms. The standard InChI is InChI=1S/C21H26N2O2S/c1-4-6-8-13-17-14-26-21-22-15(3)18(20(24)25-5-2)19(23(17)21)16-11-9-7-10-12-16/h7,9-12,14,19H,4-6,8,13H2,1-3H3. The van der Waals surface area contributed by atoms with E-state index in [2.05, 4.69) is 29.4 Å². The second-order valence-electron chi connectivity index (χ2n) is 6.48. The Hall–Kier alpha value is -2.01. The SMILES string of the molecule is CCCCCC1=CSC2=NC(C)=C(C(=O)OCC)C(c3ccccc3)N12. The summed E-state index contributed by atoms with van der Waals surface area (Å²) in [6.45, 7) is 6.32. The third-order valence-electron chi connectivity index (χ3n) is 4.65. The van der Waals surface area contributed by atoms with Gasteiger partial charge in [-0.15, -0.1) is 0 Å². The van der Waals surface area contributed by atoms with E-state index in [0.717, 1.165) is 29.3 Å². The van der Waals surface area contributed by atoms with Crippen LogP contribution in [0.4, 0.5) is 0 Å². The molecule has 0 spiro atoms. The fourth-order valence-corrected chi connectivity index (χ4v) is 4.40. The number of unbranched alkanes of at least 4 members (excludes halogenated alkanes) is 2. The molecule has 0 radical (unpaired) electrons. The van der Waals surface area contributed by atoms with Crippen LogP contribution in [0.1, 0.15) is 58.1 Å². The zero-order valence-electron chi connectivity index (χ0n) is 15.7. The molecule has 2 heterocycles. The number of carbonyl (C=O) groups excluding carboxylic acids is 1. The molecule has 26 heavy (non-hydrogen) atoms. The quantitative estimate of drug-likeness (QED) is 0.476. The number of esters is 1. The first-order chi connectivity index (χ1) is 12.7. The number of ether oxygens (including phenoxy) is 1. The predicted molar refractivity (Wildman–Crippen MR) is 108 cm³/mol. The molecule has 3 rings (SSSR count). The lowest BCUT2D eigenvalue weighted by atomic mass is 9.93. The van der Waals surface area contributed by atoms with E-state index < -0.39 is 0 Å². The van der Waals surface area contributed by atoms with Crippen LogP contribution in [0.5, 0.6) is 0 Å². The van der Waals surface area contributed by atoms with Crippen molar-refractivity contribution < 1.29 is 9.53 Å².